The SMILES string of the molecule is Cn1cccc1C(=O)OCC(=O)Nc1ccc2ccccc2c1. The summed E-state index contributed by atoms with van der Waals surface area (Å²) in [4.78, 5) is 23.7. The fourth-order valence-electron chi connectivity index (χ4n) is 2.34. The maximum Gasteiger partial charge on any atom is 0.355 e. The number of anilines is 1. The lowest BCUT2D eigenvalue weighted by Crippen LogP contribution is -2.21. The number of carbonyl (C=O) groups is 2. The zero-order chi connectivity index (χ0) is 16.2. The van der Waals surface area contributed by atoms with Gasteiger partial charge in [0.25, 0.3) is 5.91 Å². The maximum atomic E-state index is 11.9. The van der Waals surface area contributed by atoms with Gasteiger partial charge < -0.3 is 14.6 Å². The van der Waals surface area contributed by atoms with Crippen LogP contribution >= 0.6 is 0 Å². The second kappa shape index (κ2) is 6.36. The van der Waals surface area contributed by atoms with Crippen LogP contribution in [0.15, 0.2) is 60.8 Å². The average Bonchev–Trinajstić information content (AvgIpc) is 2.98. The van der Waals surface area contributed by atoms with E-state index in [0.717, 1.165) is 10.8 Å². The van der Waals surface area contributed by atoms with Crippen molar-refractivity contribution < 1.29 is 14.3 Å². The smallest absolute Gasteiger partial charge is 0.355 e. The largest absolute Gasteiger partial charge is 0.451 e. The normalized spacial score (nSPS) is 10.5. The highest BCUT2D eigenvalue weighted by Gasteiger charge is 2.12. The first-order chi connectivity index (χ1) is 11.1. The molecule has 3 rings (SSSR count). The van der Waals surface area contributed by atoms with Gasteiger partial charge in [0.1, 0.15) is 5.69 Å². The summed E-state index contributed by atoms with van der Waals surface area (Å²) < 4.78 is 6.66. The zero-order valence-electron chi connectivity index (χ0n) is 12.7. The van der Waals surface area contributed by atoms with Gasteiger partial charge in [0.15, 0.2) is 6.61 Å². The highest BCUT2D eigenvalue weighted by molar-refractivity contribution is 5.97. The Hall–Kier alpha value is -3.08. The van der Waals surface area contributed by atoms with Crippen molar-refractivity contribution in [2.24, 2.45) is 7.05 Å². The minimum atomic E-state index is -0.522. The Balaban J connectivity index is 1.60. The monoisotopic (exact) mass is 308 g/mol. The Kier molecular flexibility index (Phi) is 4.10. The first kappa shape index (κ1) is 14.8. The number of hydrogen-bond donors (Lipinski definition) is 1. The standard InChI is InChI=1S/C18H16N2O3/c1-20-10-4-7-16(20)18(22)23-12-17(21)19-15-9-8-13-5-2-3-6-14(13)11-15/h2-11H,12H2,1H3,(H,19,21). The van der Waals surface area contributed by atoms with E-state index in [9.17, 15) is 9.59 Å². The first-order valence-corrected chi connectivity index (χ1v) is 7.20. The number of aryl methyl sites for hydroxylation is 1. The maximum absolute atomic E-state index is 11.9. The van der Waals surface area contributed by atoms with E-state index in [1.54, 1.807) is 29.9 Å². The van der Waals surface area contributed by atoms with Crippen LogP contribution in [0.5, 0.6) is 0 Å². The lowest BCUT2D eigenvalue weighted by atomic mass is 10.1. The highest BCUT2D eigenvalue weighted by atomic mass is 16.5. The number of carbonyl (C=O) groups excluding carboxylic acids is 2. The van der Waals surface area contributed by atoms with E-state index < -0.39 is 5.97 Å². The molecule has 0 radical (unpaired) electrons. The van der Waals surface area contributed by atoms with Gasteiger partial charge in [-0.15, -0.1) is 0 Å². The number of ether oxygens (including phenoxy) is 1. The van der Waals surface area contributed by atoms with Gasteiger partial charge in [-0.25, -0.2) is 4.79 Å². The summed E-state index contributed by atoms with van der Waals surface area (Å²) in [5, 5.41) is 4.86. The lowest BCUT2D eigenvalue weighted by molar-refractivity contribution is -0.119. The van der Waals surface area contributed by atoms with E-state index in [0.29, 0.717) is 11.4 Å². The molecule has 23 heavy (non-hydrogen) atoms. The molecular formula is C18H16N2O3. The Morgan fingerprint density at radius 1 is 1.04 bits per heavy atom. The Labute approximate surface area is 133 Å². The van der Waals surface area contributed by atoms with Crippen molar-refractivity contribution in [2.45, 2.75) is 0 Å². The minimum absolute atomic E-state index is 0.323. The molecule has 0 atom stereocenters. The predicted octanol–water partition coefficient (Wildman–Crippen LogP) is 2.97. The summed E-state index contributed by atoms with van der Waals surface area (Å²) >= 11 is 0. The third-order valence-electron chi connectivity index (χ3n) is 3.52. The minimum Gasteiger partial charge on any atom is -0.451 e. The fraction of sp³-hybridized carbons (Fsp3) is 0.111. The van der Waals surface area contributed by atoms with Crippen molar-refractivity contribution in [3.8, 4) is 0 Å². The van der Waals surface area contributed by atoms with E-state index in [4.69, 9.17) is 4.74 Å². The third-order valence-corrected chi connectivity index (χ3v) is 3.52. The molecule has 0 saturated carbocycles. The molecule has 5 nitrogen and oxygen atoms in total. The number of aromatic nitrogens is 1. The molecule has 1 aromatic heterocycles. The van der Waals surface area contributed by atoms with Crippen molar-refractivity contribution in [1.29, 1.82) is 0 Å². The second-order valence-electron chi connectivity index (χ2n) is 5.19. The number of nitrogens with zero attached hydrogens (tertiary/aromatic N) is 1. The summed E-state index contributed by atoms with van der Waals surface area (Å²) in [5.74, 6) is -0.894. The topological polar surface area (TPSA) is 60.3 Å². The van der Waals surface area contributed by atoms with Crippen LogP contribution in [0.3, 0.4) is 0 Å². The van der Waals surface area contributed by atoms with E-state index in [1.807, 2.05) is 42.5 Å². The molecule has 0 unspecified atom stereocenters. The molecule has 0 aliphatic carbocycles. The highest BCUT2D eigenvalue weighted by Crippen LogP contribution is 2.18. The number of esters is 1. The molecule has 0 saturated heterocycles. The fourth-order valence-corrected chi connectivity index (χ4v) is 2.34. The summed E-state index contributed by atoms with van der Waals surface area (Å²) in [6.07, 6.45) is 1.74. The number of fused-ring (bicyclic) bond motifs is 1. The molecule has 1 heterocycles. The molecule has 5 heteroatoms. The van der Waals surface area contributed by atoms with Crippen molar-refractivity contribution in [1.82, 2.24) is 4.57 Å². The van der Waals surface area contributed by atoms with Crippen molar-refractivity contribution >= 4 is 28.3 Å². The van der Waals surface area contributed by atoms with Gasteiger partial charge in [0.05, 0.1) is 0 Å². The molecule has 0 bridgehead atoms. The first-order valence-electron chi connectivity index (χ1n) is 7.20. The van der Waals surface area contributed by atoms with Gasteiger partial charge in [0, 0.05) is 18.9 Å². The quantitative estimate of drug-likeness (QED) is 0.754. The van der Waals surface area contributed by atoms with Crippen LogP contribution in [-0.4, -0.2) is 23.1 Å². The van der Waals surface area contributed by atoms with Crippen LogP contribution < -0.4 is 5.32 Å². The number of nitrogens with one attached hydrogen (secondary N) is 1. The molecule has 0 aliphatic rings. The summed E-state index contributed by atoms with van der Waals surface area (Å²) in [6.45, 7) is -0.323. The second-order valence-corrected chi connectivity index (χ2v) is 5.19. The van der Waals surface area contributed by atoms with Gasteiger partial charge in [-0.05, 0) is 35.0 Å². The van der Waals surface area contributed by atoms with Crippen LogP contribution in [0, 0.1) is 0 Å². The van der Waals surface area contributed by atoms with E-state index in [-0.39, 0.29) is 12.5 Å². The summed E-state index contributed by atoms with van der Waals surface area (Å²) in [7, 11) is 1.74. The van der Waals surface area contributed by atoms with Crippen molar-refractivity contribution in [3.63, 3.8) is 0 Å². The summed E-state index contributed by atoms with van der Waals surface area (Å²) in [5.41, 5.74) is 1.08. The zero-order valence-corrected chi connectivity index (χ0v) is 12.7. The van der Waals surface area contributed by atoms with Crippen LogP contribution in [-0.2, 0) is 16.6 Å². The lowest BCUT2D eigenvalue weighted by Gasteiger charge is -2.08. The predicted molar refractivity (Wildman–Crippen MR) is 88.3 cm³/mol. The van der Waals surface area contributed by atoms with Gasteiger partial charge in [-0.3, -0.25) is 4.79 Å². The molecule has 2 aromatic carbocycles. The van der Waals surface area contributed by atoms with Crippen LogP contribution in [0.25, 0.3) is 10.8 Å². The van der Waals surface area contributed by atoms with Gasteiger partial charge in [0.2, 0.25) is 0 Å². The Morgan fingerprint density at radius 2 is 1.83 bits per heavy atom. The summed E-state index contributed by atoms with van der Waals surface area (Å²) in [6, 6.07) is 16.9. The Bertz CT molecular complexity index is 867. The molecule has 3 aromatic rings. The molecule has 1 N–H and O–H groups in total. The van der Waals surface area contributed by atoms with E-state index >= 15 is 0 Å². The number of benzene rings is 2. The van der Waals surface area contributed by atoms with Gasteiger partial charge in [-0.1, -0.05) is 30.3 Å². The van der Waals surface area contributed by atoms with E-state index in [1.165, 1.54) is 0 Å². The van der Waals surface area contributed by atoms with Crippen molar-refractivity contribution in [3.05, 3.63) is 66.5 Å². The molecule has 0 fully saturated rings. The van der Waals surface area contributed by atoms with Gasteiger partial charge in [-0.2, -0.15) is 0 Å². The molecule has 116 valence electrons. The van der Waals surface area contributed by atoms with Gasteiger partial charge >= 0.3 is 5.97 Å². The van der Waals surface area contributed by atoms with Crippen LogP contribution in [0.2, 0.25) is 0 Å². The molecule has 0 spiro atoms. The van der Waals surface area contributed by atoms with Crippen LogP contribution in [0.1, 0.15) is 10.5 Å². The van der Waals surface area contributed by atoms with E-state index in [2.05, 4.69) is 5.32 Å². The number of amides is 1. The van der Waals surface area contributed by atoms with Crippen LogP contribution in [0.4, 0.5) is 5.69 Å². The number of rotatable bonds is 4. The van der Waals surface area contributed by atoms with Crippen molar-refractivity contribution in [2.75, 3.05) is 11.9 Å². The molecular weight excluding hydrogens is 292 g/mol. The third kappa shape index (κ3) is 3.40. The average molecular weight is 308 g/mol. The Morgan fingerprint density at radius 3 is 2.57 bits per heavy atom. The molecule has 0 aliphatic heterocycles. The molecule has 1 amide bonds. The number of hydrogen-bond acceptors (Lipinski definition) is 3.